The summed E-state index contributed by atoms with van der Waals surface area (Å²) in [4.78, 5) is 1.23. The van der Waals surface area contributed by atoms with Gasteiger partial charge in [0.15, 0.2) is 0 Å². The molecule has 0 unspecified atom stereocenters. The number of benzene rings is 2. The van der Waals surface area contributed by atoms with E-state index in [1.807, 2.05) is 18.4 Å². The second-order valence-corrected chi connectivity index (χ2v) is 8.86. The summed E-state index contributed by atoms with van der Waals surface area (Å²) in [6.07, 6.45) is 0.597. The molecule has 0 atom stereocenters. The van der Waals surface area contributed by atoms with Crippen molar-refractivity contribution in [1.82, 2.24) is 0 Å². The molecule has 3 nitrogen and oxygen atoms in total. The molecule has 1 aromatic heterocycles. The second kappa shape index (κ2) is 5.97. The summed E-state index contributed by atoms with van der Waals surface area (Å²) < 4.78 is 41.7. The summed E-state index contributed by atoms with van der Waals surface area (Å²) in [5.41, 5.74) is 3.25. The Morgan fingerprint density at radius 1 is 1.08 bits per heavy atom. The van der Waals surface area contributed by atoms with Crippen LogP contribution in [0.3, 0.4) is 0 Å². The Kier molecular flexibility index (Phi) is 3.89. The average Bonchev–Trinajstić information content (AvgIpc) is 2.98. The van der Waals surface area contributed by atoms with Gasteiger partial charge in [0.1, 0.15) is 5.82 Å². The predicted molar refractivity (Wildman–Crippen MR) is 99.1 cm³/mol. The minimum absolute atomic E-state index is 0.221. The number of nitrogens with zero attached hydrogens (tertiary/aromatic N) is 1. The molecule has 0 N–H and O–H groups in total. The van der Waals surface area contributed by atoms with Gasteiger partial charge in [-0.15, -0.1) is 11.3 Å². The monoisotopic (exact) mass is 373 g/mol. The number of thiophene rings is 1. The van der Waals surface area contributed by atoms with Crippen LogP contribution in [0.15, 0.2) is 58.8 Å². The Hall–Kier alpha value is -2.18. The Bertz CT molecular complexity index is 1040. The number of hydrogen-bond acceptors (Lipinski definition) is 3. The zero-order valence-corrected chi connectivity index (χ0v) is 15.2. The fourth-order valence-corrected chi connectivity index (χ4v) is 5.57. The Morgan fingerprint density at radius 2 is 1.84 bits per heavy atom. The molecule has 25 heavy (non-hydrogen) atoms. The summed E-state index contributed by atoms with van der Waals surface area (Å²) in [6, 6.07) is 13.1. The van der Waals surface area contributed by atoms with E-state index in [0.29, 0.717) is 12.1 Å². The number of rotatable bonds is 2. The molecule has 3 aromatic rings. The van der Waals surface area contributed by atoms with Crippen LogP contribution in [0.2, 0.25) is 0 Å². The topological polar surface area (TPSA) is 37.4 Å². The minimum Gasteiger partial charge on any atom is -0.265 e. The van der Waals surface area contributed by atoms with Crippen LogP contribution in [0.1, 0.15) is 11.1 Å². The van der Waals surface area contributed by atoms with Gasteiger partial charge in [0.25, 0.3) is 10.0 Å². The van der Waals surface area contributed by atoms with E-state index in [0.717, 1.165) is 21.6 Å². The number of anilines is 1. The lowest BCUT2D eigenvalue weighted by Gasteiger charge is -2.24. The number of aryl methyl sites for hydroxylation is 1. The first-order valence-corrected chi connectivity index (χ1v) is 10.2. The van der Waals surface area contributed by atoms with Crippen molar-refractivity contribution in [3.63, 3.8) is 0 Å². The van der Waals surface area contributed by atoms with Crippen LogP contribution in [0.25, 0.3) is 10.4 Å². The van der Waals surface area contributed by atoms with Crippen molar-refractivity contribution in [3.8, 4) is 10.4 Å². The largest absolute Gasteiger partial charge is 0.265 e. The summed E-state index contributed by atoms with van der Waals surface area (Å²) in [6.45, 7) is 2.20. The van der Waals surface area contributed by atoms with Crippen LogP contribution < -0.4 is 4.31 Å². The maximum Gasteiger partial charge on any atom is 0.264 e. The van der Waals surface area contributed by atoms with E-state index < -0.39 is 15.8 Å². The predicted octanol–water partition coefficient (Wildman–Crippen LogP) is 4.61. The van der Waals surface area contributed by atoms with Gasteiger partial charge in [-0.3, -0.25) is 4.31 Å². The van der Waals surface area contributed by atoms with Crippen LogP contribution in [0.5, 0.6) is 0 Å². The fourth-order valence-electron chi connectivity index (χ4n) is 3.10. The number of hydrogen-bond donors (Lipinski definition) is 0. The molecule has 1 aliphatic rings. The van der Waals surface area contributed by atoms with Crippen molar-refractivity contribution >= 4 is 27.0 Å². The fraction of sp³-hybridized carbons (Fsp3) is 0.158. The average molecular weight is 373 g/mol. The smallest absolute Gasteiger partial charge is 0.264 e. The van der Waals surface area contributed by atoms with Gasteiger partial charge in [0.05, 0.1) is 10.6 Å². The van der Waals surface area contributed by atoms with Crippen molar-refractivity contribution < 1.29 is 12.8 Å². The Balaban J connectivity index is 1.90. The van der Waals surface area contributed by atoms with Gasteiger partial charge in [0.2, 0.25) is 0 Å². The van der Waals surface area contributed by atoms with Gasteiger partial charge in [-0.1, -0.05) is 17.7 Å². The molecule has 0 aliphatic carbocycles. The second-order valence-electron chi connectivity index (χ2n) is 6.08. The minimum atomic E-state index is -3.76. The number of halogens is 1. The van der Waals surface area contributed by atoms with E-state index in [-0.39, 0.29) is 11.4 Å². The van der Waals surface area contributed by atoms with Crippen LogP contribution in [-0.4, -0.2) is 15.0 Å². The molecule has 0 radical (unpaired) electrons. The normalized spacial score (nSPS) is 13.9. The van der Waals surface area contributed by atoms with Crippen molar-refractivity contribution in [2.45, 2.75) is 18.2 Å². The maximum absolute atomic E-state index is 13.9. The van der Waals surface area contributed by atoms with Crippen LogP contribution in [0.4, 0.5) is 10.1 Å². The molecule has 0 bridgehead atoms. The third-order valence-corrected chi connectivity index (χ3v) is 7.23. The lowest BCUT2D eigenvalue weighted by molar-refractivity contribution is 0.590. The molecule has 2 aromatic carbocycles. The van der Waals surface area contributed by atoms with Crippen molar-refractivity contribution in [1.29, 1.82) is 0 Å². The van der Waals surface area contributed by atoms with Gasteiger partial charge >= 0.3 is 0 Å². The standard InChI is InChI=1S/C19H16FNO2S2/c1-13-2-5-16(6-3-13)25(22,23)21-10-8-14-9-11-24-19(14)17-7-4-15(20)12-18(17)21/h2-7,9,11-12H,8,10H2,1H3. The van der Waals surface area contributed by atoms with E-state index in [1.54, 1.807) is 41.7 Å². The highest BCUT2D eigenvalue weighted by molar-refractivity contribution is 7.92. The molecule has 0 fully saturated rings. The molecule has 1 aliphatic heterocycles. The quantitative estimate of drug-likeness (QED) is 0.658. The van der Waals surface area contributed by atoms with Gasteiger partial charge in [0, 0.05) is 17.0 Å². The third kappa shape index (κ3) is 2.75. The number of sulfonamides is 1. The zero-order chi connectivity index (χ0) is 17.6. The highest BCUT2D eigenvalue weighted by Crippen LogP contribution is 2.41. The van der Waals surface area contributed by atoms with Crippen molar-refractivity contribution in [2.75, 3.05) is 10.8 Å². The van der Waals surface area contributed by atoms with Crippen LogP contribution in [-0.2, 0) is 16.4 Å². The molecule has 4 rings (SSSR count). The number of fused-ring (bicyclic) bond motifs is 3. The van der Waals surface area contributed by atoms with Gasteiger partial charge in [-0.25, -0.2) is 12.8 Å². The van der Waals surface area contributed by atoms with E-state index >= 15 is 0 Å². The first-order chi connectivity index (χ1) is 12.0. The summed E-state index contributed by atoms with van der Waals surface area (Å²) in [7, 11) is -3.76. The molecule has 0 saturated heterocycles. The lowest BCUT2D eigenvalue weighted by Crippen LogP contribution is -2.32. The maximum atomic E-state index is 13.9. The Labute approximate surface area is 150 Å². The summed E-state index contributed by atoms with van der Waals surface area (Å²) in [5.74, 6) is -0.442. The summed E-state index contributed by atoms with van der Waals surface area (Å²) in [5, 5.41) is 1.99. The molecular weight excluding hydrogens is 357 g/mol. The van der Waals surface area contributed by atoms with Crippen LogP contribution in [0, 0.1) is 12.7 Å². The zero-order valence-electron chi connectivity index (χ0n) is 13.6. The van der Waals surface area contributed by atoms with E-state index in [9.17, 15) is 12.8 Å². The molecule has 0 saturated carbocycles. The SMILES string of the molecule is Cc1ccc(S(=O)(=O)N2CCc3ccsc3-c3ccc(F)cc32)cc1. The Morgan fingerprint density at radius 3 is 2.60 bits per heavy atom. The highest BCUT2D eigenvalue weighted by Gasteiger charge is 2.30. The van der Waals surface area contributed by atoms with E-state index in [2.05, 4.69) is 0 Å². The first kappa shape index (κ1) is 16.3. The molecule has 0 amide bonds. The highest BCUT2D eigenvalue weighted by atomic mass is 32.2. The molecule has 6 heteroatoms. The van der Waals surface area contributed by atoms with Crippen LogP contribution >= 0.6 is 11.3 Å². The molecule has 128 valence electrons. The lowest BCUT2D eigenvalue weighted by atomic mass is 10.1. The molecular formula is C19H16FNO2S2. The van der Waals surface area contributed by atoms with Gasteiger partial charge in [-0.05, 0) is 60.7 Å². The van der Waals surface area contributed by atoms with Gasteiger partial charge in [-0.2, -0.15) is 0 Å². The summed E-state index contributed by atoms with van der Waals surface area (Å²) >= 11 is 1.55. The van der Waals surface area contributed by atoms with Crippen molar-refractivity contribution in [2.24, 2.45) is 0 Å². The first-order valence-electron chi connectivity index (χ1n) is 7.92. The van der Waals surface area contributed by atoms with Crippen molar-refractivity contribution in [3.05, 3.63) is 70.9 Å². The van der Waals surface area contributed by atoms with E-state index in [1.165, 1.54) is 16.4 Å². The van der Waals surface area contributed by atoms with E-state index in [4.69, 9.17) is 0 Å². The molecule has 0 spiro atoms. The molecule has 2 heterocycles. The van der Waals surface area contributed by atoms with Gasteiger partial charge < -0.3 is 0 Å². The third-order valence-electron chi connectivity index (χ3n) is 4.41.